The van der Waals surface area contributed by atoms with Gasteiger partial charge in [0.2, 0.25) is 0 Å². The van der Waals surface area contributed by atoms with E-state index in [9.17, 15) is 14.3 Å². The number of aryl methyl sites for hydroxylation is 1. The van der Waals surface area contributed by atoms with Gasteiger partial charge in [0.25, 0.3) is 0 Å². The Balaban J connectivity index is 2.27. The van der Waals surface area contributed by atoms with Gasteiger partial charge in [-0.2, -0.15) is 0 Å². The van der Waals surface area contributed by atoms with Crippen LogP contribution in [-0.4, -0.2) is 11.1 Å². The summed E-state index contributed by atoms with van der Waals surface area (Å²) in [5.74, 6) is -1.29. The van der Waals surface area contributed by atoms with E-state index in [1.165, 1.54) is 12.1 Å². The lowest BCUT2D eigenvalue weighted by Crippen LogP contribution is -2.20. The highest BCUT2D eigenvalue weighted by atomic mass is 19.1. The van der Waals surface area contributed by atoms with Crippen molar-refractivity contribution in [2.75, 3.05) is 5.32 Å². The molecule has 19 heavy (non-hydrogen) atoms. The Morgan fingerprint density at radius 2 is 1.89 bits per heavy atom. The summed E-state index contributed by atoms with van der Waals surface area (Å²) in [5.41, 5.74) is 1.70. The second-order valence-corrected chi connectivity index (χ2v) is 4.29. The number of carboxylic acids is 1. The minimum atomic E-state index is -0.979. The number of aliphatic carboxylic acids is 1. The summed E-state index contributed by atoms with van der Waals surface area (Å²) in [6.45, 7) is 1.64. The predicted molar refractivity (Wildman–Crippen MR) is 71.6 cm³/mol. The Labute approximate surface area is 110 Å². The highest BCUT2D eigenvalue weighted by Crippen LogP contribution is 2.21. The summed E-state index contributed by atoms with van der Waals surface area (Å²) in [6, 6.07) is 12.4. The van der Waals surface area contributed by atoms with Gasteiger partial charge in [0.1, 0.15) is 5.82 Å². The van der Waals surface area contributed by atoms with Gasteiger partial charge in [-0.1, -0.05) is 30.3 Å². The number of halogens is 1. The molecule has 0 aromatic heterocycles. The van der Waals surface area contributed by atoms with E-state index in [1.807, 2.05) is 6.07 Å². The molecule has 1 atom stereocenters. The third-order valence-corrected chi connectivity index (χ3v) is 2.85. The molecule has 0 fully saturated rings. The first-order chi connectivity index (χ1) is 9.08. The lowest BCUT2D eigenvalue weighted by atomic mass is 10.1. The maximum atomic E-state index is 13.2. The van der Waals surface area contributed by atoms with Gasteiger partial charge in [0, 0.05) is 5.69 Å². The number of rotatable bonds is 4. The van der Waals surface area contributed by atoms with E-state index in [4.69, 9.17) is 0 Å². The van der Waals surface area contributed by atoms with E-state index in [2.05, 4.69) is 5.32 Å². The summed E-state index contributed by atoms with van der Waals surface area (Å²) >= 11 is 0. The van der Waals surface area contributed by atoms with Crippen LogP contribution in [0.1, 0.15) is 17.2 Å². The van der Waals surface area contributed by atoms with Crippen molar-refractivity contribution < 1.29 is 14.3 Å². The van der Waals surface area contributed by atoms with Gasteiger partial charge >= 0.3 is 5.97 Å². The molecule has 2 aromatic carbocycles. The molecular weight excluding hydrogens is 245 g/mol. The average molecular weight is 259 g/mol. The van der Waals surface area contributed by atoms with Crippen molar-refractivity contribution in [1.29, 1.82) is 0 Å². The second kappa shape index (κ2) is 5.52. The van der Waals surface area contributed by atoms with Crippen LogP contribution in [0.5, 0.6) is 0 Å². The maximum Gasteiger partial charge on any atom is 0.330 e. The number of benzene rings is 2. The standard InChI is InChI=1S/C15H14FNO2/c1-10-9-12(7-8-13(10)16)17-14(15(18)19)11-5-3-2-4-6-11/h2-9,14,17H,1H3,(H,18,19). The van der Waals surface area contributed by atoms with Crippen LogP contribution in [-0.2, 0) is 4.79 Å². The Morgan fingerprint density at radius 3 is 2.47 bits per heavy atom. The topological polar surface area (TPSA) is 49.3 Å². The molecule has 98 valence electrons. The van der Waals surface area contributed by atoms with Crippen molar-refractivity contribution in [2.24, 2.45) is 0 Å². The van der Waals surface area contributed by atoms with Gasteiger partial charge in [0.15, 0.2) is 6.04 Å². The molecule has 0 aliphatic heterocycles. The molecular formula is C15H14FNO2. The summed E-state index contributed by atoms with van der Waals surface area (Å²) in [4.78, 5) is 11.3. The molecule has 0 aliphatic rings. The van der Waals surface area contributed by atoms with Gasteiger partial charge < -0.3 is 10.4 Å². The average Bonchev–Trinajstić information content (AvgIpc) is 2.40. The molecule has 2 aromatic rings. The van der Waals surface area contributed by atoms with Gasteiger partial charge in [-0.3, -0.25) is 0 Å². The number of nitrogens with one attached hydrogen (secondary N) is 1. The Hall–Kier alpha value is -2.36. The normalized spacial score (nSPS) is 11.9. The molecule has 2 rings (SSSR count). The van der Waals surface area contributed by atoms with Gasteiger partial charge in [-0.15, -0.1) is 0 Å². The van der Waals surface area contributed by atoms with E-state index in [0.717, 1.165) is 0 Å². The van der Waals surface area contributed by atoms with E-state index in [0.29, 0.717) is 16.8 Å². The summed E-state index contributed by atoms with van der Waals surface area (Å²) < 4.78 is 13.2. The van der Waals surface area contributed by atoms with E-state index in [-0.39, 0.29) is 5.82 Å². The van der Waals surface area contributed by atoms with E-state index >= 15 is 0 Å². The smallest absolute Gasteiger partial charge is 0.330 e. The van der Waals surface area contributed by atoms with Gasteiger partial charge in [-0.25, -0.2) is 9.18 Å². The third kappa shape index (κ3) is 3.10. The van der Waals surface area contributed by atoms with Crippen molar-refractivity contribution in [3.63, 3.8) is 0 Å². The van der Waals surface area contributed by atoms with Gasteiger partial charge in [-0.05, 0) is 36.2 Å². The zero-order valence-electron chi connectivity index (χ0n) is 10.4. The summed E-state index contributed by atoms with van der Waals surface area (Å²) in [6.07, 6.45) is 0. The van der Waals surface area contributed by atoms with Crippen LogP contribution in [0.15, 0.2) is 48.5 Å². The van der Waals surface area contributed by atoms with E-state index < -0.39 is 12.0 Å². The van der Waals surface area contributed by atoms with Crippen LogP contribution in [0, 0.1) is 12.7 Å². The van der Waals surface area contributed by atoms with E-state index in [1.54, 1.807) is 37.3 Å². The van der Waals surface area contributed by atoms with Gasteiger partial charge in [0.05, 0.1) is 0 Å². The van der Waals surface area contributed by atoms with Crippen LogP contribution < -0.4 is 5.32 Å². The van der Waals surface area contributed by atoms with Crippen LogP contribution in [0.2, 0.25) is 0 Å². The molecule has 0 spiro atoms. The highest BCUT2D eigenvalue weighted by Gasteiger charge is 2.19. The first kappa shape index (κ1) is 13.1. The molecule has 0 saturated carbocycles. The molecule has 4 heteroatoms. The number of carboxylic acid groups (broad SMARTS) is 1. The predicted octanol–water partition coefficient (Wildman–Crippen LogP) is 3.37. The Bertz CT molecular complexity index is 584. The molecule has 2 N–H and O–H groups in total. The van der Waals surface area contributed by atoms with Crippen LogP contribution in [0.25, 0.3) is 0 Å². The lowest BCUT2D eigenvalue weighted by Gasteiger charge is -2.16. The first-order valence-corrected chi connectivity index (χ1v) is 5.88. The third-order valence-electron chi connectivity index (χ3n) is 2.85. The van der Waals surface area contributed by atoms with Crippen molar-refractivity contribution in [3.05, 3.63) is 65.5 Å². The number of hydrogen-bond donors (Lipinski definition) is 2. The second-order valence-electron chi connectivity index (χ2n) is 4.29. The Morgan fingerprint density at radius 1 is 1.21 bits per heavy atom. The molecule has 0 radical (unpaired) electrons. The fraction of sp³-hybridized carbons (Fsp3) is 0.133. The monoisotopic (exact) mass is 259 g/mol. The molecule has 0 bridgehead atoms. The lowest BCUT2D eigenvalue weighted by molar-refractivity contribution is -0.138. The molecule has 0 heterocycles. The SMILES string of the molecule is Cc1cc(NC(C(=O)O)c2ccccc2)ccc1F. The first-order valence-electron chi connectivity index (χ1n) is 5.88. The molecule has 1 unspecified atom stereocenters. The minimum Gasteiger partial charge on any atom is -0.479 e. The summed E-state index contributed by atoms with van der Waals surface area (Å²) in [7, 11) is 0. The Kier molecular flexibility index (Phi) is 3.80. The number of anilines is 1. The van der Waals surface area contributed by atoms with Crippen molar-refractivity contribution in [1.82, 2.24) is 0 Å². The zero-order chi connectivity index (χ0) is 13.8. The van der Waals surface area contributed by atoms with Crippen LogP contribution in [0.3, 0.4) is 0 Å². The largest absolute Gasteiger partial charge is 0.479 e. The fourth-order valence-corrected chi connectivity index (χ4v) is 1.83. The highest BCUT2D eigenvalue weighted by molar-refractivity contribution is 5.79. The number of carbonyl (C=O) groups is 1. The maximum absolute atomic E-state index is 13.2. The molecule has 0 amide bonds. The fourth-order valence-electron chi connectivity index (χ4n) is 1.83. The molecule has 0 saturated heterocycles. The number of hydrogen-bond acceptors (Lipinski definition) is 2. The van der Waals surface area contributed by atoms with Crippen molar-refractivity contribution >= 4 is 11.7 Å². The summed E-state index contributed by atoms with van der Waals surface area (Å²) in [5, 5.41) is 12.2. The minimum absolute atomic E-state index is 0.308. The van der Waals surface area contributed by atoms with Crippen molar-refractivity contribution in [3.8, 4) is 0 Å². The van der Waals surface area contributed by atoms with Crippen LogP contribution in [0.4, 0.5) is 10.1 Å². The molecule has 0 aliphatic carbocycles. The molecule has 3 nitrogen and oxygen atoms in total. The van der Waals surface area contributed by atoms with Crippen LogP contribution >= 0.6 is 0 Å². The zero-order valence-corrected chi connectivity index (χ0v) is 10.4. The quantitative estimate of drug-likeness (QED) is 0.885. The van der Waals surface area contributed by atoms with Crippen molar-refractivity contribution in [2.45, 2.75) is 13.0 Å².